The second kappa shape index (κ2) is 11.3. The van der Waals surface area contributed by atoms with Crippen molar-refractivity contribution in [1.82, 2.24) is 14.8 Å². The van der Waals surface area contributed by atoms with Crippen LogP contribution in [0.15, 0.2) is 17.6 Å². The topological polar surface area (TPSA) is 77.3 Å². The fourth-order valence-electron chi connectivity index (χ4n) is 5.32. The Bertz CT molecular complexity index is 1060. The first-order chi connectivity index (χ1) is 17.1. The van der Waals surface area contributed by atoms with Crippen LogP contribution in [0.3, 0.4) is 0 Å². The number of thiophene rings is 1. The van der Waals surface area contributed by atoms with Gasteiger partial charge in [-0.15, -0.1) is 21.5 Å². The summed E-state index contributed by atoms with van der Waals surface area (Å²) in [6, 6.07) is 2.17. The molecule has 0 saturated heterocycles. The molecular weight excluding hydrogens is 492 g/mol. The molecule has 0 atom stereocenters. The average Bonchev–Trinajstić information content (AvgIpc) is 3.47. The van der Waals surface area contributed by atoms with Gasteiger partial charge in [-0.25, -0.2) is 4.79 Å². The van der Waals surface area contributed by atoms with Crippen molar-refractivity contribution >= 4 is 40.7 Å². The van der Waals surface area contributed by atoms with Crippen LogP contribution >= 0.6 is 23.1 Å². The summed E-state index contributed by atoms with van der Waals surface area (Å²) >= 11 is 3.25. The number of ether oxygens (including phenoxy) is 1. The fourth-order valence-corrected chi connectivity index (χ4v) is 7.56. The summed E-state index contributed by atoms with van der Waals surface area (Å²) in [5.74, 6) is 0.534. The number of hydrogen-bond acceptors (Lipinski definition) is 7. The monoisotopic (exact) mass is 532 g/mol. The van der Waals surface area contributed by atoms with E-state index in [4.69, 9.17) is 4.74 Å². The molecule has 2 aromatic heterocycles. The Morgan fingerprint density at radius 1 is 1.11 bits per heavy atom. The SMILES string of the molecule is COC(=O)c1sc(C(C)(C)C)cc1N(C(=O)C1CCC(C)CC1)C1CCC(Sc2nncn2C)CC1. The van der Waals surface area contributed by atoms with Crippen molar-refractivity contribution in [3.8, 4) is 0 Å². The van der Waals surface area contributed by atoms with E-state index in [0.717, 1.165) is 67.1 Å². The van der Waals surface area contributed by atoms with Gasteiger partial charge in [0.25, 0.3) is 0 Å². The van der Waals surface area contributed by atoms with E-state index in [1.165, 1.54) is 18.4 Å². The van der Waals surface area contributed by atoms with E-state index in [9.17, 15) is 9.59 Å². The summed E-state index contributed by atoms with van der Waals surface area (Å²) in [6.45, 7) is 8.71. The second-order valence-electron chi connectivity index (χ2n) is 11.5. The Morgan fingerprint density at radius 3 is 2.33 bits per heavy atom. The lowest BCUT2D eigenvalue weighted by Gasteiger charge is -2.39. The second-order valence-corrected chi connectivity index (χ2v) is 13.8. The van der Waals surface area contributed by atoms with Gasteiger partial charge < -0.3 is 14.2 Å². The minimum absolute atomic E-state index is 0.0235. The maximum absolute atomic E-state index is 14.2. The zero-order valence-electron chi connectivity index (χ0n) is 22.5. The molecule has 2 aromatic rings. The number of amides is 1. The summed E-state index contributed by atoms with van der Waals surface area (Å²) in [7, 11) is 3.39. The first kappa shape index (κ1) is 27.2. The van der Waals surface area contributed by atoms with E-state index in [1.807, 2.05) is 16.5 Å². The van der Waals surface area contributed by atoms with E-state index in [0.29, 0.717) is 16.0 Å². The van der Waals surface area contributed by atoms with Gasteiger partial charge in [-0.2, -0.15) is 0 Å². The number of anilines is 1. The van der Waals surface area contributed by atoms with Crippen molar-refractivity contribution in [2.75, 3.05) is 12.0 Å². The lowest BCUT2D eigenvalue weighted by atomic mass is 9.81. The number of carbonyl (C=O) groups is 2. The Morgan fingerprint density at radius 2 is 1.78 bits per heavy atom. The molecule has 0 aliphatic heterocycles. The van der Waals surface area contributed by atoms with Gasteiger partial charge in [-0.05, 0) is 68.8 Å². The number of aromatic nitrogens is 3. The molecule has 0 unspecified atom stereocenters. The quantitative estimate of drug-likeness (QED) is 0.411. The number of thioether (sulfide) groups is 1. The van der Waals surface area contributed by atoms with E-state index in [1.54, 1.807) is 18.1 Å². The van der Waals surface area contributed by atoms with Crippen LogP contribution in [0.25, 0.3) is 0 Å². The predicted molar refractivity (Wildman–Crippen MR) is 146 cm³/mol. The van der Waals surface area contributed by atoms with Crippen molar-refractivity contribution in [2.45, 2.75) is 101 Å². The molecule has 0 radical (unpaired) electrons. The first-order valence-corrected chi connectivity index (χ1v) is 14.8. The highest BCUT2D eigenvalue weighted by Crippen LogP contribution is 2.43. The lowest BCUT2D eigenvalue weighted by molar-refractivity contribution is -0.124. The number of hydrogen-bond donors (Lipinski definition) is 0. The third-order valence-corrected chi connectivity index (χ3v) is 10.6. The van der Waals surface area contributed by atoms with Crippen molar-refractivity contribution in [1.29, 1.82) is 0 Å². The van der Waals surface area contributed by atoms with Gasteiger partial charge in [0.1, 0.15) is 11.2 Å². The van der Waals surface area contributed by atoms with E-state index < -0.39 is 0 Å². The summed E-state index contributed by atoms with van der Waals surface area (Å²) in [5, 5.41) is 9.62. The minimum atomic E-state index is -0.355. The molecule has 9 heteroatoms. The molecule has 2 fully saturated rings. The summed E-state index contributed by atoms with van der Waals surface area (Å²) < 4.78 is 7.14. The molecule has 36 heavy (non-hydrogen) atoms. The highest BCUT2D eigenvalue weighted by molar-refractivity contribution is 7.99. The van der Waals surface area contributed by atoms with Crippen LogP contribution in [0.4, 0.5) is 5.69 Å². The van der Waals surface area contributed by atoms with Gasteiger partial charge in [0.15, 0.2) is 5.16 Å². The molecule has 0 N–H and O–H groups in total. The van der Waals surface area contributed by atoms with E-state index in [-0.39, 0.29) is 29.3 Å². The van der Waals surface area contributed by atoms with Crippen molar-refractivity contribution < 1.29 is 14.3 Å². The van der Waals surface area contributed by atoms with Gasteiger partial charge in [-0.1, -0.05) is 39.5 Å². The zero-order chi connectivity index (χ0) is 26.0. The molecule has 0 spiro atoms. The van der Waals surface area contributed by atoms with Crippen LogP contribution in [-0.2, 0) is 22.0 Å². The fraction of sp³-hybridized carbons (Fsp3) is 0.704. The molecule has 2 saturated carbocycles. The van der Waals surface area contributed by atoms with Crippen LogP contribution in [-0.4, -0.2) is 45.0 Å². The summed E-state index contributed by atoms with van der Waals surface area (Å²) in [5.41, 5.74) is 0.634. The molecule has 198 valence electrons. The number of methoxy groups -OCH3 is 1. The number of carbonyl (C=O) groups excluding carboxylic acids is 2. The normalized spacial score (nSPS) is 24.9. The van der Waals surface area contributed by atoms with E-state index in [2.05, 4.69) is 44.0 Å². The molecule has 0 aromatic carbocycles. The van der Waals surface area contributed by atoms with Crippen molar-refractivity contribution in [3.63, 3.8) is 0 Å². The van der Waals surface area contributed by atoms with Crippen LogP contribution in [0.1, 0.15) is 93.6 Å². The highest BCUT2D eigenvalue weighted by atomic mass is 32.2. The van der Waals surface area contributed by atoms with Gasteiger partial charge >= 0.3 is 5.97 Å². The molecule has 4 rings (SSSR count). The lowest BCUT2D eigenvalue weighted by Crippen LogP contribution is -2.47. The Balaban J connectivity index is 1.62. The average molecular weight is 533 g/mol. The van der Waals surface area contributed by atoms with Crippen LogP contribution in [0, 0.1) is 11.8 Å². The summed E-state index contributed by atoms with van der Waals surface area (Å²) in [6.07, 6.45) is 9.58. The molecule has 7 nitrogen and oxygen atoms in total. The Labute approximate surface area is 223 Å². The zero-order valence-corrected chi connectivity index (χ0v) is 24.1. The van der Waals surface area contributed by atoms with Gasteiger partial charge in [-0.3, -0.25) is 4.79 Å². The highest BCUT2D eigenvalue weighted by Gasteiger charge is 2.38. The standard InChI is InChI=1S/C27H40N4O3S2/c1-17-7-9-18(10-8-17)24(32)31(21-15-22(27(2,3)4)36-23(21)25(33)34-6)19-11-13-20(14-12-19)35-26-29-28-16-30(26)5/h15-20H,7-14H2,1-6H3. The van der Waals surface area contributed by atoms with Crippen molar-refractivity contribution in [2.24, 2.45) is 18.9 Å². The molecule has 2 aliphatic rings. The van der Waals surface area contributed by atoms with Crippen molar-refractivity contribution in [3.05, 3.63) is 22.1 Å². The van der Waals surface area contributed by atoms with E-state index >= 15 is 0 Å². The van der Waals surface area contributed by atoms with Gasteiger partial charge in [0.2, 0.25) is 5.91 Å². The maximum atomic E-state index is 14.2. The number of aryl methyl sites for hydroxylation is 1. The Hall–Kier alpha value is -1.87. The molecule has 0 bridgehead atoms. The molecular formula is C27H40N4O3S2. The van der Waals surface area contributed by atoms with Gasteiger partial charge in [0.05, 0.1) is 12.8 Å². The Kier molecular flexibility index (Phi) is 8.49. The smallest absolute Gasteiger partial charge is 0.350 e. The van der Waals surface area contributed by atoms with Gasteiger partial charge in [0, 0.05) is 29.1 Å². The number of esters is 1. The third-order valence-electron chi connectivity index (χ3n) is 7.64. The summed E-state index contributed by atoms with van der Waals surface area (Å²) in [4.78, 5) is 30.7. The molecule has 2 heterocycles. The third kappa shape index (κ3) is 5.98. The number of rotatable bonds is 6. The predicted octanol–water partition coefficient (Wildman–Crippen LogP) is 6.22. The van der Waals surface area contributed by atoms with Crippen LogP contribution < -0.4 is 4.90 Å². The maximum Gasteiger partial charge on any atom is 0.350 e. The largest absolute Gasteiger partial charge is 0.465 e. The molecule has 1 amide bonds. The minimum Gasteiger partial charge on any atom is -0.465 e. The van der Waals surface area contributed by atoms with Crippen LogP contribution in [0.5, 0.6) is 0 Å². The van der Waals surface area contributed by atoms with Crippen LogP contribution in [0.2, 0.25) is 0 Å². The molecule has 2 aliphatic carbocycles. The number of nitrogens with zero attached hydrogens (tertiary/aromatic N) is 4. The first-order valence-electron chi connectivity index (χ1n) is 13.1.